The van der Waals surface area contributed by atoms with Crippen LogP contribution in [0, 0.1) is 3.57 Å². The topological polar surface area (TPSA) is 48.1 Å². The van der Waals surface area contributed by atoms with Gasteiger partial charge in [-0.25, -0.2) is 13.8 Å². The second-order valence-electron chi connectivity index (χ2n) is 2.52. The SMILES string of the molecule is COc1cc(I)c(CN)c(C(F)F)n1. The molecule has 3 nitrogen and oxygen atoms in total. The summed E-state index contributed by atoms with van der Waals surface area (Å²) in [5.74, 6) is 0.182. The number of pyridine rings is 1. The van der Waals surface area contributed by atoms with E-state index in [-0.39, 0.29) is 18.1 Å². The zero-order valence-corrected chi connectivity index (χ0v) is 9.59. The molecule has 1 aromatic heterocycles. The van der Waals surface area contributed by atoms with Crippen LogP contribution in [0.4, 0.5) is 8.78 Å². The van der Waals surface area contributed by atoms with E-state index in [0.717, 1.165) is 0 Å². The Kier molecular flexibility index (Phi) is 3.99. The van der Waals surface area contributed by atoms with Crippen molar-refractivity contribution in [3.05, 3.63) is 20.9 Å². The van der Waals surface area contributed by atoms with Gasteiger partial charge in [0.25, 0.3) is 6.43 Å². The molecule has 0 radical (unpaired) electrons. The zero-order chi connectivity index (χ0) is 10.7. The molecule has 1 aromatic rings. The van der Waals surface area contributed by atoms with Crippen molar-refractivity contribution in [2.75, 3.05) is 7.11 Å². The summed E-state index contributed by atoms with van der Waals surface area (Å²) in [5.41, 5.74) is 5.44. The number of methoxy groups -OCH3 is 1. The van der Waals surface area contributed by atoms with Gasteiger partial charge < -0.3 is 10.5 Å². The predicted octanol–water partition coefficient (Wildman–Crippen LogP) is 2.09. The van der Waals surface area contributed by atoms with Crippen LogP contribution in [0.2, 0.25) is 0 Å². The van der Waals surface area contributed by atoms with Crippen LogP contribution in [-0.2, 0) is 6.54 Å². The molecule has 2 N–H and O–H groups in total. The van der Waals surface area contributed by atoms with Crippen LogP contribution in [0.3, 0.4) is 0 Å². The Morgan fingerprint density at radius 3 is 2.71 bits per heavy atom. The Bertz CT molecular complexity index is 333. The summed E-state index contributed by atoms with van der Waals surface area (Å²) in [7, 11) is 1.38. The first-order valence-corrected chi connectivity index (χ1v) is 4.89. The van der Waals surface area contributed by atoms with Gasteiger partial charge in [-0.05, 0) is 22.6 Å². The highest BCUT2D eigenvalue weighted by atomic mass is 127. The molecule has 0 aliphatic carbocycles. The summed E-state index contributed by atoms with van der Waals surface area (Å²) in [5, 5.41) is 0. The highest BCUT2D eigenvalue weighted by Gasteiger charge is 2.18. The lowest BCUT2D eigenvalue weighted by molar-refractivity contribution is 0.143. The Balaban J connectivity index is 3.28. The third-order valence-corrected chi connectivity index (χ3v) is 2.66. The number of halogens is 3. The molecule has 0 fully saturated rings. The first-order valence-electron chi connectivity index (χ1n) is 3.81. The second kappa shape index (κ2) is 4.83. The standard InChI is InChI=1S/C8H9F2IN2O/c1-14-6-2-5(11)4(3-12)7(13-6)8(9)10/h2,8H,3,12H2,1H3. The van der Waals surface area contributed by atoms with Crippen LogP contribution in [0.1, 0.15) is 17.7 Å². The average molecular weight is 314 g/mol. The Hall–Kier alpha value is -0.500. The highest BCUT2D eigenvalue weighted by Crippen LogP contribution is 2.27. The molecule has 0 saturated carbocycles. The normalized spacial score (nSPS) is 10.7. The molecular formula is C8H9F2IN2O. The number of alkyl halides is 2. The minimum absolute atomic E-state index is 0.0505. The largest absolute Gasteiger partial charge is 0.481 e. The molecule has 0 atom stereocenters. The average Bonchev–Trinajstić information content (AvgIpc) is 2.16. The summed E-state index contributed by atoms with van der Waals surface area (Å²) in [4.78, 5) is 3.67. The first kappa shape index (κ1) is 11.6. The van der Waals surface area contributed by atoms with Gasteiger partial charge in [-0.2, -0.15) is 0 Å². The van der Waals surface area contributed by atoms with Crippen molar-refractivity contribution in [2.24, 2.45) is 5.73 Å². The number of hydrogen-bond donors (Lipinski definition) is 1. The van der Waals surface area contributed by atoms with Gasteiger partial charge in [0.05, 0.1) is 7.11 Å². The first-order chi connectivity index (χ1) is 6.60. The Morgan fingerprint density at radius 1 is 1.64 bits per heavy atom. The molecule has 0 aromatic carbocycles. The molecule has 78 valence electrons. The van der Waals surface area contributed by atoms with Crippen LogP contribution < -0.4 is 10.5 Å². The van der Waals surface area contributed by atoms with Gasteiger partial charge in [0.1, 0.15) is 5.69 Å². The minimum atomic E-state index is -2.63. The third-order valence-electron chi connectivity index (χ3n) is 1.70. The van der Waals surface area contributed by atoms with Gasteiger partial charge in [-0.1, -0.05) is 0 Å². The smallest absolute Gasteiger partial charge is 0.280 e. The lowest BCUT2D eigenvalue weighted by Crippen LogP contribution is -2.08. The lowest BCUT2D eigenvalue weighted by atomic mass is 10.2. The summed E-state index contributed by atoms with van der Waals surface area (Å²) >= 11 is 1.93. The van der Waals surface area contributed by atoms with Crippen molar-refractivity contribution in [1.29, 1.82) is 0 Å². The molecule has 6 heteroatoms. The van der Waals surface area contributed by atoms with Crippen molar-refractivity contribution >= 4 is 22.6 Å². The summed E-state index contributed by atoms with van der Waals surface area (Å²) in [6.45, 7) is 0.0505. The van der Waals surface area contributed by atoms with Gasteiger partial charge in [0.15, 0.2) is 0 Å². The van der Waals surface area contributed by atoms with Crippen molar-refractivity contribution in [2.45, 2.75) is 13.0 Å². The van der Waals surface area contributed by atoms with Gasteiger partial charge >= 0.3 is 0 Å². The molecule has 0 spiro atoms. The maximum absolute atomic E-state index is 12.5. The number of nitrogens with two attached hydrogens (primary N) is 1. The number of aromatic nitrogens is 1. The molecule has 0 saturated heterocycles. The lowest BCUT2D eigenvalue weighted by Gasteiger charge is -2.10. The maximum atomic E-state index is 12.5. The van der Waals surface area contributed by atoms with Crippen molar-refractivity contribution < 1.29 is 13.5 Å². The van der Waals surface area contributed by atoms with Crippen LogP contribution in [0.25, 0.3) is 0 Å². The predicted molar refractivity (Wildman–Crippen MR) is 56.4 cm³/mol. The van der Waals surface area contributed by atoms with Gasteiger partial charge in [-0.3, -0.25) is 0 Å². The number of nitrogens with zero attached hydrogens (tertiary/aromatic N) is 1. The fourth-order valence-electron chi connectivity index (χ4n) is 1.02. The second-order valence-corrected chi connectivity index (χ2v) is 3.68. The molecule has 14 heavy (non-hydrogen) atoms. The van der Waals surface area contributed by atoms with Crippen molar-refractivity contribution in [1.82, 2.24) is 4.98 Å². The van der Waals surface area contributed by atoms with E-state index in [2.05, 4.69) is 4.98 Å². The fraction of sp³-hybridized carbons (Fsp3) is 0.375. The van der Waals surface area contributed by atoms with Gasteiger partial charge in [-0.15, -0.1) is 0 Å². The molecule has 0 unspecified atom stereocenters. The third kappa shape index (κ3) is 2.30. The van der Waals surface area contributed by atoms with E-state index in [1.54, 1.807) is 6.07 Å². The van der Waals surface area contributed by atoms with E-state index in [9.17, 15) is 8.78 Å². The van der Waals surface area contributed by atoms with Gasteiger partial charge in [0.2, 0.25) is 5.88 Å². The van der Waals surface area contributed by atoms with Crippen LogP contribution in [0.15, 0.2) is 6.07 Å². The van der Waals surface area contributed by atoms with E-state index in [1.165, 1.54) is 7.11 Å². The summed E-state index contributed by atoms with van der Waals surface area (Å²) in [6, 6.07) is 1.58. The molecule has 0 aliphatic heterocycles. The summed E-state index contributed by atoms with van der Waals surface area (Å²) < 4.78 is 30.5. The molecule has 1 heterocycles. The number of rotatable bonds is 3. The zero-order valence-electron chi connectivity index (χ0n) is 7.43. The summed E-state index contributed by atoms with van der Waals surface area (Å²) in [6.07, 6.45) is -2.63. The molecule has 0 amide bonds. The van der Waals surface area contributed by atoms with Crippen molar-refractivity contribution in [3.8, 4) is 5.88 Å². The monoisotopic (exact) mass is 314 g/mol. The van der Waals surface area contributed by atoms with E-state index in [1.807, 2.05) is 22.6 Å². The van der Waals surface area contributed by atoms with Gasteiger partial charge in [0, 0.05) is 21.7 Å². The maximum Gasteiger partial charge on any atom is 0.280 e. The minimum Gasteiger partial charge on any atom is -0.481 e. The molecule has 0 bridgehead atoms. The van der Waals surface area contributed by atoms with E-state index >= 15 is 0 Å². The van der Waals surface area contributed by atoms with Crippen molar-refractivity contribution in [3.63, 3.8) is 0 Å². The number of ether oxygens (including phenoxy) is 1. The molecular weight excluding hydrogens is 305 g/mol. The van der Waals surface area contributed by atoms with Crippen LogP contribution in [-0.4, -0.2) is 12.1 Å². The number of hydrogen-bond acceptors (Lipinski definition) is 3. The van der Waals surface area contributed by atoms with Crippen LogP contribution >= 0.6 is 22.6 Å². The quantitative estimate of drug-likeness (QED) is 0.869. The van der Waals surface area contributed by atoms with Crippen LogP contribution in [0.5, 0.6) is 5.88 Å². The molecule has 0 aliphatic rings. The van der Waals surface area contributed by atoms with E-state index in [0.29, 0.717) is 9.13 Å². The Morgan fingerprint density at radius 2 is 2.29 bits per heavy atom. The van der Waals surface area contributed by atoms with E-state index in [4.69, 9.17) is 10.5 Å². The van der Waals surface area contributed by atoms with E-state index < -0.39 is 6.43 Å². The fourth-order valence-corrected chi connectivity index (χ4v) is 1.79. The molecule has 1 rings (SSSR count). The Labute approximate surface area is 93.8 Å². The highest BCUT2D eigenvalue weighted by molar-refractivity contribution is 14.1.